The highest BCUT2D eigenvalue weighted by Crippen LogP contribution is 2.25. The second kappa shape index (κ2) is 7.09. The van der Waals surface area contributed by atoms with E-state index in [2.05, 4.69) is 0 Å². The van der Waals surface area contributed by atoms with E-state index < -0.39 is 35.6 Å². The zero-order valence-electron chi connectivity index (χ0n) is 11.5. The van der Waals surface area contributed by atoms with Crippen LogP contribution in [0.5, 0.6) is 0 Å². The van der Waals surface area contributed by atoms with Crippen LogP contribution < -0.4 is 0 Å². The van der Waals surface area contributed by atoms with Crippen LogP contribution in [0, 0.1) is 10.1 Å². The van der Waals surface area contributed by atoms with E-state index in [1.165, 1.54) is 24.3 Å². The fraction of sp³-hybridized carbons (Fsp3) is 0.538. The summed E-state index contributed by atoms with van der Waals surface area (Å²) in [5, 5.41) is 49.4. The highest BCUT2D eigenvalue weighted by Gasteiger charge is 2.34. The second-order valence-corrected chi connectivity index (χ2v) is 4.97. The van der Waals surface area contributed by atoms with Gasteiger partial charge in [-0.15, -0.1) is 0 Å². The summed E-state index contributed by atoms with van der Waals surface area (Å²) in [7, 11) is 0. The predicted molar refractivity (Wildman–Crippen MR) is 71.8 cm³/mol. The van der Waals surface area contributed by atoms with Gasteiger partial charge in [-0.25, -0.2) is 0 Å². The summed E-state index contributed by atoms with van der Waals surface area (Å²) < 4.78 is 10.6. The van der Waals surface area contributed by atoms with Crippen LogP contribution in [0.3, 0.4) is 0 Å². The highest BCUT2D eigenvalue weighted by atomic mass is 16.7. The molecule has 0 radical (unpaired) electrons. The van der Waals surface area contributed by atoms with Crippen molar-refractivity contribution < 1.29 is 34.8 Å². The summed E-state index contributed by atoms with van der Waals surface area (Å²) in [6.45, 7) is -0.753. The molecule has 1 aliphatic heterocycles. The first-order valence-electron chi connectivity index (χ1n) is 6.60. The van der Waals surface area contributed by atoms with Crippen LogP contribution in [0.2, 0.25) is 0 Å². The highest BCUT2D eigenvalue weighted by molar-refractivity contribution is 5.34. The molecule has 9 nitrogen and oxygen atoms in total. The molecule has 1 heterocycles. The minimum Gasteiger partial charge on any atom is -0.388 e. The van der Waals surface area contributed by atoms with Crippen molar-refractivity contribution in [3.8, 4) is 0 Å². The molecule has 0 saturated carbocycles. The Balaban J connectivity index is 2.20. The summed E-state index contributed by atoms with van der Waals surface area (Å²) in [5.74, 6) is 0. The zero-order chi connectivity index (χ0) is 16.3. The summed E-state index contributed by atoms with van der Waals surface area (Å²) in [6, 6.07) is 5.52. The molecule has 4 N–H and O–H groups in total. The zero-order valence-corrected chi connectivity index (χ0v) is 11.5. The van der Waals surface area contributed by atoms with E-state index in [0.717, 1.165) is 0 Å². The average molecular weight is 315 g/mol. The van der Waals surface area contributed by atoms with Gasteiger partial charge in [0.15, 0.2) is 6.29 Å². The van der Waals surface area contributed by atoms with Gasteiger partial charge in [0.2, 0.25) is 0 Å². The third kappa shape index (κ3) is 3.77. The molecular weight excluding hydrogens is 298 g/mol. The van der Waals surface area contributed by atoms with Gasteiger partial charge in [-0.3, -0.25) is 10.1 Å². The van der Waals surface area contributed by atoms with Crippen LogP contribution in [0.25, 0.3) is 0 Å². The van der Waals surface area contributed by atoms with E-state index in [1.807, 2.05) is 0 Å². The number of rotatable bonds is 2. The fourth-order valence-electron chi connectivity index (χ4n) is 2.05. The van der Waals surface area contributed by atoms with E-state index in [-0.39, 0.29) is 18.9 Å². The molecule has 1 aromatic carbocycles. The molecule has 1 saturated heterocycles. The quantitative estimate of drug-likeness (QED) is 0.405. The standard InChI is InChI=1S/C13H17NO8/c15-9-5-21-13(22-6-10(16)12(18)11(9)17)7-2-1-3-8(4-7)14(19)20/h1-4,9-13,15-18H,5-6H2/t9-,10+,11-,12-,13?/m0/s1. The van der Waals surface area contributed by atoms with Crippen LogP contribution in [-0.2, 0) is 9.47 Å². The van der Waals surface area contributed by atoms with Crippen molar-refractivity contribution in [3.63, 3.8) is 0 Å². The number of hydrogen-bond donors (Lipinski definition) is 4. The second-order valence-electron chi connectivity index (χ2n) is 4.97. The number of hydrogen-bond acceptors (Lipinski definition) is 8. The predicted octanol–water partition coefficient (Wildman–Crippen LogP) is -0.916. The molecule has 0 aromatic heterocycles. The molecule has 1 aromatic rings. The van der Waals surface area contributed by atoms with Gasteiger partial charge in [0.1, 0.15) is 24.4 Å². The minimum atomic E-state index is -1.59. The Bertz CT molecular complexity index is 507. The Morgan fingerprint density at radius 3 is 2.09 bits per heavy atom. The number of benzene rings is 1. The first kappa shape index (κ1) is 16.7. The van der Waals surface area contributed by atoms with E-state index in [4.69, 9.17) is 9.47 Å². The van der Waals surface area contributed by atoms with E-state index >= 15 is 0 Å². The number of ether oxygens (including phenoxy) is 2. The molecule has 22 heavy (non-hydrogen) atoms. The lowest BCUT2D eigenvalue weighted by atomic mass is 10.0. The van der Waals surface area contributed by atoms with Crippen LogP contribution in [0.1, 0.15) is 11.9 Å². The maximum absolute atomic E-state index is 10.8. The molecule has 0 amide bonds. The van der Waals surface area contributed by atoms with Crippen LogP contribution in [0.4, 0.5) is 5.69 Å². The van der Waals surface area contributed by atoms with Gasteiger partial charge >= 0.3 is 0 Å². The molecule has 1 fully saturated rings. The SMILES string of the molecule is O=[N+]([O-])c1cccc(C2OC[C@@H](O)[C@H](O)[C@@H](O)[C@@H](O)CO2)c1. The Morgan fingerprint density at radius 2 is 1.59 bits per heavy atom. The summed E-state index contributed by atoms with van der Waals surface area (Å²) in [5.41, 5.74) is 0.158. The van der Waals surface area contributed by atoms with Crippen molar-refractivity contribution >= 4 is 5.69 Å². The monoisotopic (exact) mass is 315 g/mol. The van der Waals surface area contributed by atoms with Crippen LogP contribution >= 0.6 is 0 Å². The summed E-state index contributed by atoms with van der Waals surface area (Å²) in [4.78, 5) is 10.2. The van der Waals surface area contributed by atoms with E-state index in [0.29, 0.717) is 5.56 Å². The van der Waals surface area contributed by atoms with E-state index in [9.17, 15) is 30.5 Å². The number of aliphatic hydroxyl groups excluding tert-OH is 4. The first-order valence-corrected chi connectivity index (χ1v) is 6.60. The summed E-state index contributed by atoms with van der Waals surface area (Å²) >= 11 is 0. The molecule has 5 atom stereocenters. The topological polar surface area (TPSA) is 143 Å². The van der Waals surface area contributed by atoms with Gasteiger partial charge in [0.05, 0.1) is 18.1 Å². The van der Waals surface area contributed by atoms with Crippen LogP contribution in [0.15, 0.2) is 24.3 Å². The van der Waals surface area contributed by atoms with Crippen molar-refractivity contribution in [3.05, 3.63) is 39.9 Å². The van der Waals surface area contributed by atoms with Gasteiger partial charge in [0.25, 0.3) is 5.69 Å². The van der Waals surface area contributed by atoms with Crippen molar-refractivity contribution in [2.24, 2.45) is 0 Å². The lowest BCUT2D eigenvalue weighted by molar-refractivity contribution is -0.385. The fourth-order valence-corrected chi connectivity index (χ4v) is 2.05. The largest absolute Gasteiger partial charge is 0.388 e. The average Bonchev–Trinajstić information content (AvgIpc) is 2.56. The van der Waals surface area contributed by atoms with Crippen LogP contribution in [-0.4, -0.2) is 63.0 Å². The molecule has 0 aliphatic carbocycles. The Hall–Kier alpha value is -1.62. The third-order valence-electron chi connectivity index (χ3n) is 3.33. The third-order valence-corrected chi connectivity index (χ3v) is 3.33. The van der Waals surface area contributed by atoms with Crippen molar-refractivity contribution in [1.29, 1.82) is 0 Å². The van der Waals surface area contributed by atoms with Crippen molar-refractivity contribution in [1.82, 2.24) is 0 Å². The number of nitrogens with zero attached hydrogens (tertiary/aromatic N) is 1. The van der Waals surface area contributed by atoms with Gasteiger partial charge in [-0.1, -0.05) is 12.1 Å². The first-order chi connectivity index (χ1) is 10.4. The minimum absolute atomic E-state index is 0.161. The molecule has 2 rings (SSSR count). The smallest absolute Gasteiger partial charge is 0.269 e. The number of nitro benzene ring substituents is 1. The van der Waals surface area contributed by atoms with Gasteiger partial charge in [-0.2, -0.15) is 0 Å². The molecular formula is C13H17NO8. The lowest BCUT2D eigenvalue weighted by Gasteiger charge is -2.23. The Morgan fingerprint density at radius 1 is 1.05 bits per heavy atom. The summed E-state index contributed by atoms with van der Waals surface area (Å²) in [6.07, 6.45) is -7.15. The maximum atomic E-state index is 10.8. The van der Waals surface area contributed by atoms with E-state index in [1.54, 1.807) is 0 Å². The number of nitro groups is 1. The van der Waals surface area contributed by atoms with Crippen molar-refractivity contribution in [2.45, 2.75) is 30.7 Å². The molecule has 0 bridgehead atoms. The molecule has 1 unspecified atom stereocenters. The van der Waals surface area contributed by atoms with Gasteiger partial charge in [0, 0.05) is 17.7 Å². The van der Waals surface area contributed by atoms with Gasteiger partial charge in [-0.05, 0) is 0 Å². The molecule has 9 heteroatoms. The molecule has 1 aliphatic rings. The van der Waals surface area contributed by atoms with Crippen molar-refractivity contribution in [2.75, 3.05) is 13.2 Å². The lowest BCUT2D eigenvalue weighted by Crippen LogP contribution is -2.46. The normalized spacial score (nSPS) is 33.5. The maximum Gasteiger partial charge on any atom is 0.269 e. The molecule has 122 valence electrons. The Labute approximate surface area is 125 Å². The Kier molecular flexibility index (Phi) is 5.40. The number of non-ortho nitro benzene ring substituents is 1. The number of aliphatic hydroxyl groups is 4. The van der Waals surface area contributed by atoms with Gasteiger partial charge < -0.3 is 29.9 Å². The molecule has 0 spiro atoms.